The summed E-state index contributed by atoms with van der Waals surface area (Å²) in [4.78, 5) is 46.7. The van der Waals surface area contributed by atoms with E-state index in [-0.39, 0.29) is 23.7 Å². The van der Waals surface area contributed by atoms with Crippen molar-refractivity contribution in [2.45, 2.75) is 169 Å². The van der Waals surface area contributed by atoms with E-state index < -0.39 is 0 Å². The lowest BCUT2D eigenvalue weighted by Crippen LogP contribution is -2.25. The van der Waals surface area contributed by atoms with Gasteiger partial charge in [-0.2, -0.15) is 0 Å². The van der Waals surface area contributed by atoms with Gasteiger partial charge in [-0.25, -0.2) is 0 Å². The number of carbonyl (C=O) groups excluding carboxylic acids is 4. The average molecular weight is 893 g/mol. The zero-order valence-corrected chi connectivity index (χ0v) is 42.0. The van der Waals surface area contributed by atoms with Crippen molar-refractivity contribution in [3.8, 4) is 0 Å². The second-order valence-electron chi connectivity index (χ2n) is 21.7. The number of hydrogen-bond acceptors (Lipinski definition) is 4. The summed E-state index contributed by atoms with van der Waals surface area (Å²) in [7, 11) is 0. The molecule has 0 spiro atoms. The molecule has 8 rings (SSSR count). The summed E-state index contributed by atoms with van der Waals surface area (Å²) in [5.74, 6) is 7.78. The molecule has 0 saturated heterocycles. The lowest BCUT2D eigenvalue weighted by Gasteiger charge is -2.35. The highest BCUT2D eigenvalue weighted by Crippen LogP contribution is 2.50. The number of carbonyl (C=O) groups is 4. The van der Waals surface area contributed by atoms with Gasteiger partial charge >= 0.3 is 0 Å². The normalized spacial score (nSPS) is 24.2. The molecule has 4 aliphatic rings. The van der Waals surface area contributed by atoms with Crippen LogP contribution in [0.3, 0.4) is 0 Å². The van der Waals surface area contributed by atoms with Gasteiger partial charge in [0.15, 0.2) is 0 Å². The van der Waals surface area contributed by atoms with Crippen molar-refractivity contribution in [3.63, 3.8) is 0 Å². The largest absolute Gasteiger partial charge is 0.299 e. The number of ketones is 4. The van der Waals surface area contributed by atoms with E-state index in [0.717, 1.165) is 31.6 Å². The molecule has 4 unspecified atom stereocenters. The topological polar surface area (TPSA) is 68.3 Å². The van der Waals surface area contributed by atoms with Crippen LogP contribution in [-0.4, -0.2) is 23.1 Å². The van der Waals surface area contributed by atoms with Gasteiger partial charge in [0.2, 0.25) is 0 Å². The Morgan fingerprint density at radius 2 is 0.667 bits per heavy atom. The monoisotopic (exact) mass is 893 g/mol. The second kappa shape index (κ2) is 26.8. The maximum absolute atomic E-state index is 11.8. The third-order valence-corrected chi connectivity index (χ3v) is 15.1. The molecule has 0 heterocycles. The molecule has 0 amide bonds. The summed E-state index contributed by atoms with van der Waals surface area (Å²) < 4.78 is 0. The van der Waals surface area contributed by atoms with Gasteiger partial charge in [-0.3, -0.25) is 19.2 Å². The molecule has 4 saturated carbocycles. The Labute approximate surface area is 400 Å². The molecule has 0 radical (unpaired) electrons. The summed E-state index contributed by atoms with van der Waals surface area (Å²) in [5, 5.41) is 0. The predicted octanol–water partition coefficient (Wildman–Crippen LogP) is 16.0. The van der Waals surface area contributed by atoms with Crippen molar-refractivity contribution < 1.29 is 19.2 Å². The van der Waals surface area contributed by atoms with Gasteiger partial charge in [0, 0.05) is 49.4 Å². The van der Waals surface area contributed by atoms with E-state index in [9.17, 15) is 19.2 Å². The fraction of sp³-hybridized carbons (Fsp3) is 0.548. The smallest absolute Gasteiger partial charge is 0.135 e. The molecule has 4 aromatic carbocycles. The standard InChI is InChI=1S/C17H24O.C16H22O.C15H20O.C14H18O/c1-13(2)17(18)12-14-8-10-16(11-9-14)15-6-4-3-5-7-15;1-12(2)16(17)11-13-8-9-15(10-13)14-6-4-3-5-7-14;1-11(2)15(16)10-12-8-14(9-12)13-6-4-3-5-7-13;1-10(2)14(15)9-12-8-13(12)11-6-4-3-5-7-11/h3-7,13-14,16H,8-12H2,1-2H3;3-7,12-13,15H,8-11H2,1-2H3;3-7,11-12,14H,8-10H2,1-2H3;3-7,10,12-13H,8-9H2,1-2H3. The van der Waals surface area contributed by atoms with Crippen molar-refractivity contribution >= 4 is 23.1 Å². The third-order valence-electron chi connectivity index (χ3n) is 15.1. The summed E-state index contributed by atoms with van der Waals surface area (Å²) in [6.07, 6.45) is 15.4. The first-order valence-corrected chi connectivity index (χ1v) is 26.0. The molecule has 0 bridgehead atoms. The van der Waals surface area contributed by atoms with Gasteiger partial charge in [-0.15, -0.1) is 0 Å². The minimum atomic E-state index is 0.196. The Hall–Kier alpha value is -4.44. The molecule has 4 aliphatic carbocycles. The van der Waals surface area contributed by atoms with E-state index in [0.29, 0.717) is 64.6 Å². The van der Waals surface area contributed by atoms with Crippen molar-refractivity contribution in [2.75, 3.05) is 0 Å². The molecule has 4 fully saturated rings. The van der Waals surface area contributed by atoms with Crippen molar-refractivity contribution in [1.29, 1.82) is 0 Å². The molecule has 356 valence electrons. The minimum absolute atomic E-state index is 0.196. The van der Waals surface area contributed by atoms with E-state index in [1.54, 1.807) is 0 Å². The van der Waals surface area contributed by atoms with Crippen LogP contribution < -0.4 is 0 Å². The highest BCUT2D eigenvalue weighted by molar-refractivity contribution is 5.82. The van der Waals surface area contributed by atoms with Crippen molar-refractivity contribution in [3.05, 3.63) is 144 Å². The van der Waals surface area contributed by atoms with Gasteiger partial charge in [0.1, 0.15) is 23.1 Å². The zero-order chi connectivity index (χ0) is 47.6. The average Bonchev–Trinajstić information content (AvgIpc) is 3.93. The van der Waals surface area contributed by atoms with Gasteiger partial charge in [0.25, 0.3) is 0 Å². The first-order valence-electron chi connectivity index (χ1n) is 26.0. The van der Waals surface area contributed by atoms with E-state index in [4.69, 9.17) is 0 Å². The van der Waals surface area contributed by atoms with Crippen molar-refractivity contribution in [2.24, 2.45) is 47.3 Å². The Kier molecular flexibility index (Phi) is 21.3. The number of Topliss-reactive ketones (excluding diaryl/α,β-unsaturated/α-hetero) is 4. The Balaban J connectivity index is 0.000000165. The Morgan fingerprint density at radius 3 is 1.11 bits per heavy atom. The summed E-state index contributed by atoms with van der Waals surface area (Å²) >= 11 is 0. The van der Waals surface area contributed by atoms with Gasteiger partial charge in [0.05, 0.1) is 0 Å². The molecular formula is C62H84O4. The van der Waals surface area contributed by atoms with E-state index in [1.165, 1.54) is 86.5 Å². The quantitative estimate of drug-likeness (QED) is 0.112. The van der Waals surface area contributed by atoms with Crippen LogP contribution in [0.5, 0.6) is 0 Å². The fourth-order valence-corrected chi connectivity index (χ4v) is 10.2. The molecule has 4 atom stereocenters. The summed E-state index contributed by atoms with van der Waals surface area (Å²) in [6.45, 7) is 16.0. The first kappa shape index (κ1) is 52.5. The van der Waals surface area contributed by atoms with Crippen LogP contribution in [0.1, 0.15) is 191 Å². The third kappa shape index (κ3) is 17.3. The Morgan fingerprint density at radius 1 is 0.348 bits per heavy atom. The summed E-state index contributed by atoms with van der Waals surface area (Å²) in [6, 6.07) is 42.7. The maximum atomic E-state index is 11.8. The maximum Gasteiger partial charge on any atom is 0.135 e. The van der Waals surface area contributed by atoms with Crippen LogP contribution in [-0.2, 0) is 19.2 Å². The van der Waals surface area contributed by atoms with Crippen LogP contribution >= 0.6 is 0 Å². The van der Waals surface area contributed by atoms with Gasteiger partial charge in [-0.1, -0.05) is 177 Å². The SMILES string of the molecule is CC(C)C(=O)CC1CC(c2ccccc2)C1.CC(C)C(=O)CC1CC1c1ccccc1.CC(C)C(=O)CC1CCC(c2ccccc2)C1.CC(C)C(=O)CC1CCC(c2ccccc2)CC1. The van der Waals surface area contributed by atoms with Crippen LogP contribution in [0.25, 0.3) is 0 Å². The van der Waals surface area contributed by atoms with Crippen LogP contribution in [0.4, 0.5) is 0 Å². The van der Waals surface area contributed by atoms with Gasteiger partial charge in [-0.05, 0) is 134 Å². The lowest BCUT2D eigenvalue weighted by atomic mass is 9.69. The van der Waals surface area contributed by atoms with Crippen LogP contribution in [0.2, 0.25) is 0 Å². The predicted molar refractivity (Wildman–Crippen MR) is 275 cm³/mol. The minimum Gasteiger partial charge on any atom is -0.299 e. The molecule has 0 aromatic heterocycles. The van der Waals surface area contributed by atoms with E-state index in [2.05, 4.69) is 115 Å². The van der Waals surface area contributed by atoms with E-state index in [1.807, 2.05) is 61.5 Å². The van der Waals surface area contributed by atoms with Crippen LogP contribution in [0, 0.1) is 47.3 Å². The molecule has 4 heteroatoms. The highest BCUT2D eigenvalue weighted by atomic mass is 16.1. The zero-order valence-electron chi connectivity index (χ0n) is 42.0. The fourth-order valence-electron chi connectivity index (χ4n) is 10.2. The second-order valence-corrected chi connectivity index (χ2v) is 21.7. The van der Waals surface area contributed by atoms with Crippen molar-refractivity contribution in [1.82, 2.24) is 0 Å². The first-order chi connectivity index (χ1) is 31.7. The van der Waals surface area contributed by atoms with Gasteiger partial charge < -0.3 is 0 Å². The molecule has 4 aromatic rings. The molecule has 66 heavy (non-hydrogen) atoms. The molecule has 0 N–H and O–H groups in total. The number of benzene rings is 4. The molecule has 4 nitrogen and oxygen atoms in total. The molecular weight excluding hydrogens is 809 g/mol. The van der Waals surface area contributed by atoms with Crippen LogP contribution in [0.15, 0.2) is 121 Å². The number of hydrogen-bond donors (Lipinski definition) is 0. The summed E-state index contributed by atoms with van der Waals surface area (Å²) in [5.41, 5.74) is 5.77. The highest BCUT2D eigenvalue weighted by Gasteiger charge is 2.39. The lowest BCUT2D eigenvalue weighted by molar-refractivity contribution is -0.124. The van der Waals surface area contributed by atoms with E-state index >= 15 is 0 Å². The molecule has 0 aliphatic heterocycles. The Bertz CT molecular complexity index is 2020. The number of rotatable bonds is 16.